The molecule has 1 saturated heterocycles. The van der Waals surface area contributed by atoms with Gasteiger partial charge in [0.25, 0.3) is 0 Å². The zero-order valence-corrected chi connectivity index (χ0v) is 11.1. The van der Waals surface area contributed by atoms with Crippen molar-refractivity contribution in [2.24, 2.45) is 17.6 Å². The standard InChI is InChI=1S/C14H28N2O/c1-2-11-3-4-12(10-15)14(9-11)16-7-5-13(17)6-8-16/h11-14,17H,2-10,15H2,1H3. The monoisotopic (exact) mass is 240 g/mol. The number of aliphatic hydroxyl groups is 1. The Kier molecular flexibility index (Phi) is 4.83. The van der Waals surface area contributed by atoms with E-state index in [0.717, 1.165) is 38.4 Å². The largest absolute Gasteiger partial charge is 0.393 e. The Morgan fingerprint density at radius 1 is 1.18 bits per heavy atom. The van der Waals surface area contributed by atoms with Gasteiger partial charge in [-0.25, -0.2) is 0 Å². The van der Waals surface area contributed by atoms with Crippen molar-refractivity contribution in [3.8, 4) is 0 Å². The molecule has 0 amide bonds. The summed E-state index contributed by atoms with van der Waals surface area (Å²) in [5.74, 6) is 1.59. The van der Waals surface area contributed by atoms with Gasteiger partial charge in [-0.3, -0.25) is 4.90 Å². The molecule has 0 radical (unpaired) electrons. The normalized spacial score (nSPS) is 37.2. The van der Waals surface area contributed by atoms with Crippen molar-refractivity contribution in [3.05, 3.63) is 0 Å². The van der Waals surface area contributed by atoms with Crippen LogP contribution in [0.3, 0.4) is 0 Å². The minimum atomic E-state index is -0.0619. The number of nitrogens with zero attached hydrogens (tertiary/aromatic N) is 1. The first-order chi connectivity index (χ1) is 8.24. The molecule has 0 aromatic rings. The zero-order chi connectivity index (χ0) is 12.3. The van der Waals surface area contributed by atoms with Crippen LogP contribution in [-0.4, -0.2) is 41.8 Å². The van der Waals surface area contributed by atoms with E-state index in [4.69, 9.17) is 5.73 Å². The van der Waals surface area contributed by atoms with E-state index in [1.807, 2.05) is 0 Å². The lowest BCUT2D eigenvalue weighted by molar-refractivity contribution is 0.0209. The number of hydrogen-bond acceptors (Lipinski definition) is 3. The first kappa shape index (κ1) is 13.3. The van der Waals surface area contributed by atoms with Gasteiger partial charge in [-0.05, 0) is 44.1 Å². The summed E-state index contributed by atoms with van der Waals surface area (Å²) in [4.78, 5) is 2.60. The van der Waals surface area contributed by atoms with E-state index < -0.39 is 0 Å². The van der Waals surface area contributed by atoms with Gasteiger partial charge in [0.15, 0.2) is 0 Å². The zero-order valence-electron chi connectivity index (χ0n) is 11.1. The van der Waals surface area contributed by atoms with Gasteiger partial charge in [-0.2, -0.15) is 0 Å². The van der Waals surface area contributed by atoms with E-state index in [0.29, 0.717) is 12.0 Å². The molecule has 100 valence electrons. The molecule has 1 saturated carbocycles. The Morgan fingerprint density at radius 2 is 1.88 bits per heavy atom. The van der Waals surface area contributed by atoms with Crippen molar-refractivity contribution in [2.45, 2.75) is 57.6 Å². The Morgan fingerprint density at radius 3 is 2.47 bits per heavy atom. The Balaban J connectivity index is 1.94. The topological polar surface area (TPSA) is 49.5 Å². The van der Waals surface area contributed by atoms with Crippen LogP contribution in [-0.2, 0) is 0 Å². The summed E-state index contributed by atoms with van der Waals surface area (Å²) < 4.78 is 0. The Labute approximate surface area is 105 Å². The van der Waals surface area contributed by atoms with Crippen LogP contribution < -0.4 is 5.73 Å². The molecule has 3 nitrogen and oxygen atoms in total. The maximum absolute atomic E-state index is 9.60. The molecule has 0 spiro atoms. The molecule has 2 rings (SSSR count). The summed E-state index contributed by atoms with van der Waals surface area (Å²) in [7, 11) is 0. The summed E-state index contributed by atoms with van der Waals surface area (Å²) in [6.07, 6.45) is 7.14. The number of aliphatic hydroxyl groups excluding tert-OH is 1. The van der Waals surface area contributed by atoms with E-state index in [2.05, 4.69) is 11.8 Å². The number of nitrogens with two attached hydrogens (primary N) is 1. The molecule has 1 aliphatic heterocycles. The molecule has 0 aromatic heterocycles. The molecule has 2 aliphatic rings. The molecule has 1 aliphatic carbocycles. The van der Waals surface area contributed by atoms with Crippen LogP contribution >= 0.6 is 0 Å². The van der Waals surface area contributed by atoms with Gasteiger partial charge in [-0.15, -0.1) is 0 Å². The van der Waals surface area contributed by atoms with Gasteiger partial charge in [0.1, 0.15) is 0 Å². The van der Waals surface area contributed by atoms with Crippen molar-refractivity contribution in [1.82, 2.24) is 4.90 Å². The lowest BCUT2D eigenvalue weighted by Gasteiger charge is -2.44. The second-order valence-corrected chi connectivity index (χ2v) is 5.92. The average Bonchev–Trinajstić information content (AvgIpc) is 2.39. The van der Waals surface area contributed by atoms with Crippen molar-refractivity contribution in [3.63, 3.8) is 0 Å². The van der Waals surface area contributed by atoms with Crippen molar-refractivity contribution in [1.29, 1.82) is 0 Å². The summed E-state index contributed by atoms with van der Waals surface area (Å²) in [5, 5.41) is 9.60. The van der Waals surface area contributed by atoms with Gasteiger partial charge >= 0.3 is 0 Å². The first-order valence-corrected chi connectivity index (χ1v) is 7.36. The van der Waals surface area contributed by atoms with Crippen LogP contribution in [0.2, 0.25) is 0 Å². The van der Waals surface area contributed by atoms with Crippen LogP contribution in [0, 0.1) is 11.8 Å². The summed E-state index contributed by atoms with van der Waals surface area (Å²) in [5.41, 5.74) is 5.94. The third-order valence-electron chi connectivity index (χ3n) is 4.91. The molecule has 3 unspecified atom stereocenters. The lowest BCUT2D eigenvalue weighted by atomic mass is 9.76. The van der Waals surface area contributed by atoms with Crippen molar-refractivity contribution >= 4 is 0 Å². The molecule has 3 heteroatoms. The van der Waals surface area contributed by atoms with Gasteiger partial charge < -0.3 is 10.8 Å². The van der Waals surface area contributed by atoms with E-state index >= 15 is 0 Å². The van der Waals surface area contributed by atoms with E-state index in [9.17, 15) is 5.11 Å². The molecular formula is C14H28N2O. The molecule has 0 bridgehead atoms. The quantitative estimate of drug-likeness (QED) is 0.788. The number of hydrogen-bond donors (Lipinski definition) is 2. The number of piperidine rings is 1. The third kappa shape index (κ3) is 3.21. The Hall–Kier alpha value is -0.120. The first-order valence-electron chi connectivity index (χ1n) is 7.36. The van der Waals surface area contributed by atoms with Gasteiger partial charge in [0, 0.05) is 19.1 Å². The average molecular weight is 240 g/mol. The third-order valence-corrected chi connectivity index (χ3v) is 4.91. The van der Waals surface area contributed by atoms with Crippen LogP contribution in [0.15, 0.2) is 0 Å². The molecule has 3 N–H and O–H groups in total. The molecule has 0 aromatic carbocycles. The molecule has 1 heterocycles. The van der Waals surface area contributed by atoms with Crippen LogP contribution in [0.4, 0.5) is 0 Å². The van der Waals surface area contributed by atoms with Crippen molar-refractivity contribution in [2.75, 3.05) is 19.6 Å². The Bertz CT molecular complexity index is 226. The van der Waals surface area contributed by atoms with Crippen LogP contribution in [0.1, 0.15) is 45.4 Å². The van der Waals surface area contributed by atoms with Crippen LogP contribution in [0.5, 0.6) is 0 Å². The van der Waals surface area contributed by atoms with E-state index in [1.165, 1.54) is 25.7 Å². The van der Waals surface area contributed by atoms with Gasteiger partial charge in [0.2, 0.25) is 0 Å². The maximum atomic E-state index is 9.60. The minimum Gasteiger partial charge on any atom is -0.393 e. The van der Waals surface area contributed by atoms with Gasteiger partial charge in [0.05, 0.1) is 6.10 Å². The lowest BCUT2D eigenvalue weighted by Crippen LogP contribution is -2.50. The molecular weight excluding hydrogens is 212 g/mol. The molecule has 3 atom stereocenters. The number of likely N-dealkylation sites (tertiary alicyclic amines) is 1. The highest BCUT2D eigenvalue weighted by atomic mass is 16.3. The molecule has 17 heavy (non-hydrogen) atoms. The predicted octanol–water partition coefficient (Wildman–Crippen LogP) is 1.60. The highest BCUT2D eigenvalue weighted by Gasteiger charge is 2.34. The fourth-order valence-corrected chi connectivity index (χ4v) is 3.60. The number of rotatable bonds is 3. The second kappa shape index (κ2) is 6.17. The highest BCUT2D eigenvalue weighted by molar-refractivity contribution is 4.89. The van der Waals surface area contributed by atoms with Gasteiger partial charge in [-0.1, -0.05) is 19.8 Å². The highest BCUT2D eigenvalue weighted by Crippen LogP contribution is 2.34. The summed E-state index contributed by atoms with van der Waals surface area (Å²) in [6, 6.07) is 0.686. The SMILES string of the molecule is CCC1CCC(CN)C(N2CCC(O)CC2)C1. The van der Waals surface area contributed by atoms with Crippen LogP contribution in [0.25, 0.3) is 0 Å². The minimum absolute atomic E-state index is 0.0619. The smallest absolute Gasteiger partial charge is 0.0564 e. The van der Waals surface area contributed by atoms with E-state index in [-0.39, 0.29) is 6.10 Å². The van der Waals surface area contributed by atoms with Crippen molar-refractivity contribution < 1.29 is 5.11 Å². The summed E-state index contributed by atoms with van der Waals surface area (Å²) in [6.45, 7) is 5.28. The van der Waals surface area contributed by atoms with E-state index in [1.54, 1.807) is 0 Å². The maximum Gasteiger partial charge on any atom is 0.0564 e. The fourth-order valence-electron chi connectivity index (χ4n) is 3.60. The summed E-state index contributed by atoms with van der Waals surface area (Å²) >= 11 is 0. The second-order valence-electron chi connectivity index (χ2n) is 5.92. The fraction of sp³-hybridized carbons (Fsp3) is 1.00. The molecule has 2 fully saturated rings. The predicted molar refractivity (Wildman–Crippen MR) is 70.8 cm³/mol.